The summed E-state index contributed by atoms with van der Waals surface area (Å²) in [6.45, 7) is 4.85. The van der Waals surface area contributed by atoms with Crippen LogP contribution in [0.25, 0.3) is 0 Å². The van der Waals surface area contributed by atoms with Crippen LogP contribution in [0.15, 0.2) is 35.3 Å². The molecule has 0 aromatic heterocycles. The van der Waals surface area contributed by atoms with Crippen LogP contribution >= 0.6 is 36.6 Å². The van der Waals surface area contributed by atoms with E-state index in [2.05, 4.69) is 45.5 Å². The maximum atomic E-state index is 4.65. The summed E-state index contributed by atoms with van der Waals surface area (Å²) in [5, 5.41) is 4.73. The predicted molar refractivity (Wildman–Crippen MR) is 111 cm³/mol. The lowest BCUT2D eigenvalue weighted by atomic mass is 10.1. The number of likely N-dealkylation sites (tertiary alicyclic amines) is 1. The van der Waals surface area contributed by atoms with Gasteiger partial charge in [0.1, 0.15) is 0 Å². The molecule has 3 nitrogen and oxygen atoms in total. The van der Waals surface area contributed by atoms with Gasteiger partial charge in [0, 0.05) is 5.75 Å². The van der Waals surface area contributed by atoms with Crippen molar-refractivity contribution in [2.45, 2.75) is 38.1 Å². The highest BCUT2D eigenvalue weighted by Crippen LogP contribution is 2.15. The van der Waals surface area contributed by atoms with Crippen LogP contribution in [0, 0.1) is 0 Å². The molecule has 136 valence electrons. The second-order valence-electron chi connectivity index (χ2n) is 6.28. The highest BCUT2D eigenvalue weighted by molar-refractivity contribution is 8.13. The van der Waals surface area contributed by atoms with Crippen molar-refractivity contribution >= 4 is 41.7 Å². The molecular weight excluding hydrogens is 361 g/mol. The highest BCUT2D eigenvalue weighted by Gasteiger charge is 2.17. The predicted octanol–water partition coefficient (Wildman–Crippen LogP) is 4.01. The summed E-state index contributed by atoms with van der Waals surface area (Å²) < 4.78 is 0. The highest BCUT2D eigenvalue weighted by atomic mass is 35.5. The Balaban J connectivity index is 0.00000144. The summed E-state index contributed by atoms with van der Waals surface area (Å²) in [4.78, 5) is 7.25. The first kappa shape index (κ1) is 21.6. The van der Waals surface area contributed by atoms with Gasteiger partial charge in [-0.3, -0.25) is 4.99 Å². The van der Waals surface area contributed by atoms with E-state index in [1.54, 1.807) is 0 Å². The quantitative estimate of drug-likeness (QED) is 0.713. The number of unbranched alkanes of at least 4 members (excludes halogenated alkanes) is 1. The van der Waals surface area contributed by atoms with E-state index < -0.39 is 0 Å². The van der Waals surface area contributed by atoms with Crippen LogP contribution in [0.4, 0.5) is 0 Å². The van der Waals surface area contributed by atoms with E-state index in [1.165, 1.54) is 56.6 Å². The molecule has 2 aliphatic rings. The van der Waals surface area contributed by atoms with Gasteiger partial charge in [-0.1, -0.05) is 42.1 Å². The van der Waals surface area contributed by atoms with Gasteiger partial charge >= 0.3 is 0 Å². The first-order chi connectivity index (χ1) is 10.9. The second-order valence-corrected chi connectivity index (χ2v) is 7.36. The average molecular weight is 390 g/mol. The molecule has 1 N–H and O–H groups in total. The molecule has 24 heavy (non-hydrogen) atoms. The van der Waals surface area contributed by atoms with Crippen molar-refractivity contribution in [3.05, 3.63) is 35.9 Å². The number of rotatable bonds is 7. The minimum atomic E-state index is 0. The number of benzene rings is 1. The molecule has 1 saturated heterocycles. The van der Waals surface area contributed by atoms with Crippen molar-refractivity contribution in [3.8, 4) is 0 Å². The number of nitrogens with zero attached hydrogens (tertiary/aromatic N) is 2. The number of aliphatic imine (C=N–C) groups is 1. The van der Waals surface area contributed by atoms with E-state index in [1.807, 2.05) is 11.8 Å². The minimum absolute atomic E-state index is 0. The number of nitrogens with one attached hydrogen (secondary N) is 1. The molecule has 0 saturated carbocycles. The van der Waals surface area contributed by atoms with Crippen molar-refractivity contribution < 1.29 is 0 Å². The summed E-state index contributed by atoms with van der Waals surface area (Å²) in [6, 6.07) is 11.2. The van der Waals surface area contributed by atoms with Gasteiger partial charge in [-0.15, -0.1) is 24.8 Å². The molecule has 0 bridgehead atoms. The van der Waals surface area contributed by atoms with Crippen LogP contribution in [0.1, 0.15) is 31.2 Å². The monoisotopic (exact) mass is 389 g/mol. The second kappa shape index (κ2) is 12.0. The Morgan fingerprint density at radius 1 is 1.08 bits per heavy atom. The molecule has 1 unspecified atom stereocenters. The van der Waals surface area contributed by atoms with Crippen molar-refractivity contribution in [3.63, 3.8) is 0 Å². The molecule has 3 rings (SSSR count). The molecule has 0 aliphatic carbocycles. The molecule has 2 aliphatic heterocycles. The van der Waals surface area contributed by atoms with Crippen LogP contribution in [0.3, 0.4) is 0 Å². The SMILES string of the molecule is Cl.Cl.c1ccc(CC2CN=C(SCCCCN3CCCC3)N2)cc1. The molecule has 1 aromatic rings. The zero-order valence-electron chi connectivity index (χ0n) is 14.2. The number of thioether (sulfide) groups is 1. The Morgan fingerprint density at radius 2 is 1.83 bits per heavy atom. The maximum Gasteiger partial charge on any atom is 0.156 e. The zero-order valence-corrected chi connectivity index (χ0v) is 16.6. The van der Waals surface area contributed by atoms with Crippen molar-refractivity contribution in [2.75, 3.05) is 31.9 Å². The Hall–Kier alpha value is -0.420. The van der Waals surface area contributed by atoms with Gasteiger partial charge in [0.15, 0.2) is 5.17 Å². The zero-order chi connectivity index (χ0) is 15.0. The molecule has 2 heterocycles. The summed E-state index contributed by atoms with van der Waals surface area (Å²) in [7, 11) is 0. The third kappa shape index (κ3) is 7.22. The Bertz CT molecular complexity index is 478. The van der Waals surface area contributed by atoms with Crippen LogP contribution < -0.4 is 5.32 Å². The average Bonchev–Trinajstić information content (AvgIpc) is 3.20. The van der Waals surface area contributed by atoms with Gasteiger partial charge in [-0.05, 0) is 57.3 Å². The van der Waals surface area contributed by atoms with Gasteiger partial charge in [-0.2, -0.15) is 0 Å². The molecule has 0 amide bonds. The van der Waals surface area contributed by atoms with Crippen molar-refractivity contribution in [2.24, 2.45) is 4.99 Å². The fourth-order valence-electron chi connectivity index (χ4n) is 3.17. The van der Waals surface area contributed by atoms with Gasteiger partial charge in [-0.25, -0.2) is 0 Å². The topological polar surface area (TPSA) is 27.6 Å². The van der Waals surface area contributed by atoms with Gasteiger partial charge in [0.2, 0.25) is 0 Å². The molecule has 1 atom stereocenters. The van der Waals surface area contributed by atoms with Gasteiger partial charge < -0.3 is 10.2 Å². The largest absolute Gasteiger partial charge is 0.360 e. The van der Waals surface area contributed by atoms with E-state index in [-0.39, 0.29) is 24.8 Å². The molecule has 0 spiro atoms. The van der Waals surface area contributed by atoms with E-state index in [0.717, 1.165) is 18.1 Å². The van der Waals surface area contributed by atoms with Crippen LogP contribution in [-0.4, -0.2) is 48.0 Å². The molecule has 6 heteroatoms. The fraction of sp³-hybridized carbons (Fsp3) is 0.611. The number of halogens is 2. The Labute approximate surface area is 162 Å². The van der Waals surface area contributed by atoms with Crippen molar-refractivity contribution in [1.82, 2.24) is 10.2 Å². The lowest BCUT2D eigenvalue weighted by Crippen LogP contribution is -2.30. The first-order valence-electron chi connectivity index (χ1n) is 8.60. The van der Waals surface area contributed by atoms with E-state index in [4.69, 9.17) is 0 Å². The maximum absolute atomic E-state index is 4.65. The lowest BCUT2D eigenvalue weighted by molar-refractivity contribution is 0.333. The van der Waals surface area contributed by atoms with Gasteiger partial charge in [0.05, 0.1) is 12.6 Å². The van der Waals surface area contributed by atoms with E-state index in [9.17, 15) is 0 Å². The third-order valence-electron chi connectivity index (χ3n) is 4.41. The van der Waals surface area contributed by atoms with Crippen LogP contribution in [0.5, 0.6) is 0 Å². The van der Waals surface area contributed by atoms with Crippen LogP contribution in [0.2, 0.25) is 0 Å². The van der Waals surface area contributed by atoms with E-state index >= 15 is 0 Å². The minimum Gasteiger partial charge on any atom is -0.360 e. The first-order valence-corrected chi connectivity index (χ1v) is 9.59. The Kier molecular flexibility index (Phi) is 10.8. The summed E-state index contributed by atoms with van der Waals surface area (Å²) in [5.74, 6) is 1.19. The molecule has 1 fully saturated rings. The number of amidine groups is 1. The summed E-state index contributed by atoms with van der Waals surface area (Å²) >= 11 is 1.90. The lowest BCUT2D eigenvalue weighted by Gasteiger charge is -2.14. The molecule has 1 aromatic carbocycles. The summed E-state index contributed by atoms with van der Waals surface area (Å²) in [6.07, 6.45) is 6.50. The standard InChI is InChI=1S/C18H27N3S.2ClH/c1-2-8-16(9-3-1)14-17-15-19-18(20-17)22-13-7-6-12-21-10-4-5-11-21;;/h1-3,8-9,17H,4-7,10-15H2,(H,19,20);2*1H. The van der Waals surface area contributed by atoms with Crippen molar-refractivity contribution in [1.29, 1.82) is 0 Å². The Morgan fingerprint density at radius 3 is 2.58 bits per heavy atom. The van der Waals surface area contributed by atoms with E-state index in [0.29, 0.717) is 6.04 Å². The normalized spacial score (nSPS) is 20.0. The smallest absolute Gasteiger partial charge is 0.156 e. The summed E-state index contributed by atoms with van der Waals surface area (Å²) in [5.41, 5.74) is 1.40. The number of hydrogen-bond donors (Lipinski definition) is 1. The third-order valence-corrected chi connectivity index (χ3v) is 5.43. The van der Waals surface area contributed by atoms with Crippen LogP contribution in [-0.2, 0) is 6.42 Å². The fourth-order valence-corrected chi connectivity index (χ4v) is 4.13. The molecular formula is C18H29Cl2N3S. The van der Waals surface area contributed by atoms with Gasteiger partial charge in [0.25, 0.3) is 0 Å². The number of hydrogen-bond acceptors (Lipinski definition) is 4. The molecule has 0 radical (unpaired) electrons.